The number of nitrogens with one attached hydrogen (secondary N) is 2. The number of hydrogen-bond acceptors (Lipinski definition) is 3. The van der Waals surface area contributed by atoms with E-state index in [9.17, 15) is 14.3 Å². The maximum absolute atomic E-state index is 14.5. The fourth-order valence-electron chi connectivity index (χ4n) is 8.93. The first-order chi connectivity index (χ1) is 22.8. The van der Waals surface area contributed by atoms with Crippen molar-refractivity contribution in [2.24, 2.45) is 5.92 Å². The second kappa shape index (κ2) is 12.6. The van der Waals surface area contributed by atoms with Crippen molar-refractivity contribution in [1.29, 1.82) is 0 Å². The third-order valence-corrected chi connectivity index (χ3v) is 11.4. The molecule has 4 aromatic carbocycles. The Hall–Kier alpha value is -4.42. The van der Waals surface area contributed by atoms with E-state index in [1.165, 1.54) is 33.8 Å². The van der Waals surface area contributed by atoms with Gasteiger partial charge in [-0.05, 0) is 118 Å². The molecule has 1 amide bonds. The quantitative estimate of drug-likeness (QED) is 0.161. The maximum atomic E-state index is 14.5. The number of H-pyrrole nitrogens is 1. The van der Waals surface area contributed by atoms with Crippen molar-refractivity contribution in [3.8, 4) is 5.75 Å². The average Bonchev–Trinajstić information content (AvgIpc) is 3.47. The molecular weight excluding hydrogens is 585 g/mol. The van der Waals surface area contributed by atoms with Crippen LogP contribution < -0.4 is 5.32 Å². The van der Waals surface area contributed by atoms with Gasteiger partial charge < -0.3 is 15.4 Å². The second-order valence-corrected chi connectivity index (χ2v) is 14.0. The monoisotopic (exact) mass is 629 g/mol. The number of benzene rings is 4. The molecule has 2 atom stereocenters. The van der Waals surface area contributed by atoms with Gasteiger partial charge in [0.2, 0.25) is 0 Å². The summed E-state index contributed by atoms with van der Waals surface area (Å²) in [7, 11) is 4.27. The number of aromatic amines is 1. The third-order valence-electron chi connectivity index (χ3n) is 11.4. The topological polar surface area (TPSA) is 68.4 Å². The fraction of sp³-hybridized carbons (Fsp3) is 0.341. The molecule has 1 saturated carbocycles. The van der Waals surface area contributed by atoms with Crippen LogP contribution >= 0.6 is 0 Å². The maximum Gasteiger partial charge on any atom is 0.255 e. The predicted molar refractivity (Wildman–Crippen MR) is 186 cm³/mol. The number of carbonyl (C=O) groups is 1. The van der Waals surface area contributed by atoms with Gasteiger partial charge in [-0.1, -0.05) is 72.8 Å². The largest absolute Gasteiger partial charge is 0.507 e. The van der Waals surface area contributed by atoms with Crippen LogP contribution in [0.2, 0.25) is 0 Å². The Morgan fingerprint density at radius 3 is 2.40 bits per heavy atom. The van der Waals surface area contributed by atoms with Crippen molar-refractivity contribution < 1.29 is 14.3 Å². The van der Waals surface area contributed by atoms with E-state index in [0.29, 0.717) is 18.0 Å². The minimum atomic E-state index is -0.251. The lowest BCUT2D eigenvalue weighted by atomic mass is 9.56. The molecule has 0 aliphatic heterocycles. The molecule has 1 aromatic heterocycles. The molecule has 242 valence electrons. The van der Waals surface area contributed by atoms with Crippen LogP contribution in [0, 0.1) is 11.7 Å². The first-order valence-electron chi connectivity index (χ1n) is 16.9. The molecule has 2 aliphatic rings. The van der Waals surface area contributed by atoms with Crippen LogP contribution in [-0.4, -0.2) is 41.5 Å². The molecule has 6 heteroatoms. The summed E-state index contributed by atoms with van der Waals surface area (Å²) in [4.78, 5) is 19.2. The van der Waals surface area contributed by atoms with Crippen molar-refractivity contribution in [2.45, 2.75) is 61.8 Å². The van der Waals surface area contributed by atoms with Gasteiger partial charge in [0.25, 0.3) is 5.91 Å². The number of carbonyl (C=O) groups excluding carboxylic acids is 1. The number of rotatable bonds is 8. The van der Waals surface area contributed by atoms with Gasteiger partial charge in [-0.25, -0.2) is 4.39 Å². The van der Waals surface area contributed by atoms with Crippen LogP contribution in [0.25, 0.3) is 10.9 Å². The van der Waals surface area contributed by atoms with Crippen LogP contribution in [0.15, 0.2) is 103 Å². The van der Waals surface area contributed by atoms with Gasteiger partial charge in [0.1, 0.15) is 11.6 Å². The molecule has 5 nitrogen and oxygen atoms in total. The van der Waals surface area contributed by atoms with Gasteiger partial charge in [0.15, 0.2) is 0 Å². The van der Waals surface area contributed by atoms with Crippen LogP contribution in [0.3, 0.4) is 0 Å². The number of amides is 1. The van der Waals surface area contributed by atoms with E-state index in [1.807, 2.05) is 6.07 Å². The Morgan fingerprint density at radius 1 is 0.936 bits per heavy atom. The minimum absolute atomic E-state index is 0.00460. The number of halogens is 1. The zero-order valence-electron chi connectivity index (χ0n) is 27.3. The summed E-state index contributed by atoms with van der Waals surface area (Å²) >= 11 is 0. The molecule has 0 saturated heterocycles. The van der Waals surface area contributed by atoms with Crippen molar-refractivity contribution >= 4 is 16.8 Å². The van der Waals surface area contributed by atoms with Crippen LogP contribution in [-0.2, 0) is 17.4 Å². The molecule has 7 rings (SSSR count). The first kappa shape index (κ1) is 31.2. The van der Waals surface area contributed by atoms with E-state index in [2.05, 4.69) is 90.0 Å². The van der Waals surface area contributed by atoms with E-state index in [4.69, 9.17) is 0 Å². The van der Waals surface area contributed by atoms with E-state index in [0.717, 1.165) is 50.5 Å². The summed E-state index contributed by atoms with van der Waals surface area (Å²) in [5.74, 6) is 0.170. The SMILES string of the molecule is CN(C)C1(c2cccc(F)c2)CCC2(CC1)CC(C(CCNC(=O)c1ccccc1O)c1ccccc1)Cc1c2[nH]c2ccccc12. The number of phenols is 1. The van der Waals surface area contributed by atoms with Crippen molar-refractivity contribution in [3.63, 3.8) is 0 Å². The number of nitrogens with zero attached hydrogens (tertiary/aromatic N) is 1. The smallest absolute Gasteiger partial charge is 0.255 e. The number of aromatic hydroxyl groups is 1. The summed E-state index contributed by atoms with van der Waals surface area (Å²) in [5.41, 5.74) is 6.41. The highest BCUT2D eigenvalue weighted by Gasteiger charge is 2.51. The molecule has 1 fully saturated rings. The van der Waals surface area contributed by atoms with Gasteiger partial charge in [-0.2, -0.15) is 0 Å². The van der Waals surface area contributed by atoms with E-state index in [1.54, 1.807) is 30.3 Å². The zero-order chi connectivity index (χ0) is 32.6. The van der Waals surface area contributed by atoms with Gasteiger partial charge in [-0.3, -0.25) is 9.69 Å². The van der Waals surface area contributed by atoms with Crippen LogP contribution in [0.4, 0.5) is 4.39 Å². The number of hydrogen-bond donors (Lipinski definition) is 3. The second-order valence-electron chi connectivity index (χ2n) is 14.0. The van der Waals surface area contributed by atoms with E-state index >= 15 is 0 Å². The zero-order valence-corrected chi connectivity index (χ0v) is 27.3. The number of fused-ring (bicyclic) bond motifs is 4. The molecule has 1 heterocycles. The minimum Gasteiger partial charge on any atom is -0.507 e. The highest BCUT2D eigenvalue weighted by atomic mass is 19.1. The Balaban J connectivity index is 1.23. The highest BCUT2D eigenvalue weighted by molar-refractivity contribution is 5.96. The summed E-state index contributed by atoms with van der Waals surface area (Å²) < 4.78 is 14.5. The molecule has 1 spiro atoms. The summed E-state index contributed by atoms with van der Waals surface area (Å²) in [6.07, 6.45) is 6.71. The van der Waals surface area contributed by atoms with E-state index < -0.39 is 0 Å². The number of phenolic OH excluding ortho intramolecular Hbond substituents is 1. The lowest BCUT2D eigenvalue weighted by Gasteiger charge is -2.53. The molecule has 2 unspecified atom stereocenters. The lowest BCUT2D eigenvalue weighted by Crippen LogP contribution is -2.50. The first-order valence-corrected chi connectivity index (χ1v) is 16.9. The Morgan fingerprint density at radius 2 is 1.66 bits per heavy atom. The molecular formula is C41H44FN3O2. The summed E-state index contributed by atoms with van der Waals surface area (Å²) in [6.45, 7) is 0.514. The molecule has 47 heavy (non-hydrogen) atoms. The standard InChI is InChI=1S/C41H44FN3O2/c1-45(2)41(30-13-10-14-31(42)26-30)22-20-40(21-23-41)27-29(25-35-33-15-6-8-17-36(33)44-38(35)40)32(28-11-4-3-5-12-28)19-24-43-39(47)34-16-7-9-18-37(34)46/h3-18,26,29,32,44,46H,19-25,27H2,1-2H3,(H,43,47). The third kappa shape index (κ3) is 5.73. The summed E-state index contributed by atoms with van der Waals surface area (Å²) in [6, 6.07) is 33.3. The highest BCUT2D eigenvalue weighted by Crippen LogP contribution is 2.57. The Bertz CT molecular complexity index is 1870. The van der Waals surface area contributed by atoms with Crippen molar-refractivity contribution in [2.75, 3.05) is 20.6 Å². The van der Waals surface area contributed by atoms with Crippen molar-refractivity contribution in [3.05, 3.63) is 137 Å². The van der Waals surface area contributed by atoms with Gasteiger partial charge >= 0.3 is 0 Å². The normalized spacial score (nSPS) is 23.1. The number of aromatic nitrogens is 1. The molecule has 3 N–H and O–H groups in total. The van der Waals surface area contributed by atoms with Crippen LogP contribution in [0.1, 0.15) is 77.2 Å². The predicted octanol–water partition coefficient (Wildman–Crippen LogP) is 8.45. The lowest BCUT2D eigenvalue weighted by molar-refractivity contribution is 0.0487. The van der Waals surface area contributed by atoms with Gasteiger partial charge in [0, 0.05) is 34.1 Å². The van der Waals surface area contributed by atoms with Gasteiger partial charge in [-0.15, -0.1) is 0 Å². The van der Waals surface area contributed by atoms with E-state index in [-0.39, 0.29) is 34.3 Å². The van der Waals surface area contributed by atoms with Gasteiger partial charge in [0.05, 0.1) is 5.56 Å². The molecule has 5 aromatic rings. The van der Waals surface area contributed by atoms with Crippen LogP contribution in [0.5, 0.6) is 5.75 Å². The fourth-order valence-corrected chi connectivity index (χ4v) is 8.93. The Kier molecular flexibility index (Phi) is 8.39. The summed E-state index contributed by atoms with van der Waals surface area (Å²) in [5, 5.41) is 14.6. The number of para-hydroxylation sites is 2. The molecule has 2 aliphatic carbocycles. The molecule has 0 radical (unpaired) electrons. The Labute approximate surface area is 276 Å². The molecule has 0 bridgehead atoms. The van der Waals surface area contributed by atoms with Crippen molar-refractivity contribution in [1.82, 2.24) is 15.2 Å². The average molecular weight is 630 g/mol.